The lowest BCUT2D eigenvalue weighted by molar-refractivity contribution is 0.343. The summed E-state index contributed by atoms with van der Waals surface area (Å²) in [7, 11) is 0. The van der Waals surface area contributed by atoms with Crippen molar-refractivity contribution < 1.29 is 10.2 Å². The second-order valence-corrected chi connectivity index (χ2v) is 3.12. The number of hydrogen-bond acceptors (Lipinski definition) is 2. The predicted molar refractivity (Wildman–Crippen MR) is 51.9 cm³/mol. The highest BCUT2D eigenvalue weighted by Crippen LogP contribution is 2.27. The van der Waals surface area contributed by atoms with Crippen LogP contribution in [0.4, 0.5) is 0 Å². The van der Waals surface area contributed by atoms with Gasteiger partial charge in [-0.25, -0.2) is 0 Å². The van der Waals surface area contributed by atoms with Gasteiger partial charge in [-0.15, -0.1) is 0 Å². The number of hydrogen-bond donors (Lipinski definition) is 2. The molecule has 1 aromatic rings. The van der Waals surface area contributed by atoms with Crippen LogP contribution in [0.1, 0.15) is 5.56 Å². The van der Waals surface area contributed by atoms with E-state index < -0.39 is 0 Å². The Labute approximate surface area is 79.3 Å². The molecule has 12 heavy (non-hydrogen) atoms. The number of aromatic hydroxyl groups is 1. The summed E-state index contributed by atoms with van der Waals surface area (Å²) in [5.41, 5.74) is 0.693. The number of halogens is 1. The van der Waals surface area contributed by atoms with Crippen LogP contribution in [0.5, 0.6) is 5.75 Å². The molecule has 0 bridgehead atoms. The Kier molecular flexibility index (Phi) is 3.31. The largest absolute Gasteiger partial charge is 0.506 e. The molecule has 0 saturated heterocycles. The first-order chi connectivity index (χ1) is 5.75. The minimum Gasteiger partial charge on any atom is -0.506 e. The van der Waals surface area contributed by atoms with Crippen molar-refractivity contribution in [3.05, 3.63) is 34.3 Å². The van der Waals surface area contributed by atoms with Gasteiger partial charge in [0.1, 0.15) is 5.75 Å². The molecule has 0 aliphatic heterocycles. The summed E-state index contributed by atoms with van der Waals surface area (Å²) in [6, 6.07) is 5.35. The number of rotatable bonds is 2. The van der Waals surface area contributed by atoms with E-state index in [0.29, 0.717) is 10.0 Å². The summed E-state index contributed by atoms with van der Waals surface area (Å²) < 4.78 is 0.655. The van der Waals surface area contributed by atoms with Crippen LogP contribution < -0.4 is 0 Å². The van der Waals surface area contributed by atoms with Gasteiger partial charge in [0.2, 0.25) is 0 Å². The molecule has 2 N–H and O–H groups in total. The molecule has 0 saturated carbocycles. The third kappa shape index (κ3) is 2.09. The summed E-state index contributed by atoms with van der Waals surface area (Å²) in [6.45, 7) is -0.0219. The van der Waals surface area contributed by atoms with Gasteiger partial charge in [0.05, 0.1) is 11.1 Å². The smallest absolute Gasteiger partial charge is 0.136 e. The monoisotopic (exact) mass is 228 g/mol. The van der Waals surface area contributed by atoms with E-state index in [-0.39, 0.29) is 12.4 Å². The van der Waals surface area contributed by atoms with E-state index in [0.717, 1.165) is 0 Å². The minimum atomic E-state index is -0.0219. The van der Waals surface area contributed by atoms with E-state index >= 15 is 0 Å². The van der Waals surface area contributed by atoms with Gasteiger partial charge in [0.15, 0.2) is 0 Å². The molecule has 0 spiro atoms. The standard InChI is InChI=1S/C9H9BrO2/c10-8-5-1-3-7(9(8)12)4-2-6-11/h1-5,11-12H,6H2/b4-2+. The molecule has 3 heteroatoms. The average molecular weight is 229 g/mol. The molecule has 0 atom stereocenters. The van der Waals surface area contributed by atoms with Crippen molar-refractivity contribution in [1.29, 1.82) is 0 Å². The summed E-state index contributed by atoms with van der Waals surface area (Å²) in [5.74, 6) is 0.196. The van der Waals surface area contributed by atoms with Crippen LogP contribution in [0.2, 0.25) is 0 Å². The lowest BCUT2D eigenvalue weighted by atomic mass is 10.2. The van der Waals surface area contributed by atoms with Crippen LogP contribution in [0, 0.1) is 0 Å². The average Bonchev–Trinajstić information content (AvgIpc) is 2.08. The second kappa shape index (κ2) is 4.28. The molecule has 0 heterocycles. The minimum absolute atomic E-state index is 0.0219. The normalized spacial score (nSPS) is 10.8. The SMILES string of the molecule is OC/C=C/c1cccc(Br)c1O. The molecule has 0 aromatic heterocycles. The fourth-order valence-corrected chi connectivity index (χ4v) is 1.23. The first kappa shape index (κ1) is 9.29. The number of aliphatic hydroxyl groups excluding tert-OH is 1. The molecule has 0 aliphatic carbocycles. The van der Waals surface area contributed by atoms with E-state index in [1.165, 1.54) is 0 Å². The molecule has 0 fully saturated rings. The third-order valence-electron chi connectivity index (χ3n) is 1.42. The Balaban J connectivity index is 3.00. The van der Waals surface area contributed by atoms with E-state index in [2.05, 4.69) is 15.9 Å². The topological polar surface area (TPSA) is 40.5 Å². The van der Waals surface area contributed by atoms with Crippen molar-refractivity contribution in [3.8, 4) is 5.75 Å². The van der Waals surface area contributed by atoms with Crippen LogP contribution in [0.15, 0.2) is 28.7 Å². The Hall–Kier alpha value is -0.800. The van der Waals surface area contributed by atoms with Crippen molar-refractivity contribution in [2.24, 2.45) is 0 Å². The van der Waals surface area contributed by atoms with Crippen LogP contribution in [0.3, 0.4) is 0 Å². The Morgan fingerprint density at radius 3 is 2.83 bits per heavy atom. The van der Waals surface area contributed by atoms with Gasteiger partial charge < -0.3 is 10.2 Å². The number of benzene rings is 1. The molecule has 0 radical (unpaired) electrons. The first-order valence-electron chi connectivity index (χ1n) is 3.50. The van der Waals surface area contributed by atoms with Crippen molar-refractivity contribution in [3.63, 3.8) is 0 Å². The molecular formula is C9H9BrO2. The highest BCUT2D eigenvalue weighted by molar-refractivity contribution is 9.10. The number of para-hydroxylation sites is 1. The maximum atomic E-state index is 9.44. The summed E-state index contributed by atoms with van der Waals surface area (Å²) >= 11 is 3.19. The first-order valence-corrected chi connectivity index (χ1v) is 4.30. The van der Waals surface area contributed by atoms with Crippen LogP contribution in [-0.4, -0.2) is 16.8 Å². The van der Waals surface area contributed by atoms with Gasteiger partial charge >= 0.3 is 0 Å². The summed E-state index contributed by atoms with van der Waals surface area (Å²) in [4.78, 5) is 0. The zero-order chi connectivity index (χ0) is 8.97. The number of phenols is 1. The molecule has 1 aromatic carbocycles. The van der Waals surface area contributed by atoms with Gasteiger partial charge in [-0.1, -0.05) is 24.3 Å². The van der Waals surface area contributed by atoms with Crippen LogP contribution in [-0.2, 0) is 0 Å². The van der Waals surface area contributed by atoms with Gasteiger partial charge in [0, 0.05) is 5.56 Å². The summed E-state index contributed by atoms with van der Waals surface area (Å²) in [6.07, 6.45) is 3.24. The number of phenolic OH excluding ortho intramolecular Hbond substituents is 1. The van der Waals surface area contributed by atoms with Crippen molar-refractivity contribution >= 4 is 22.0 Å². The van der Waals surface area contributed by atoms with Gasteiger partial charge in [-0.2, -0.15) is 0 Å². The third-order valence-corrected chi connectivity index (χ3v) is 2.06. The molecule has 0 amide bonds. The molecular weight excluding hydrogens is 220 g/mol. The zero-order valence-corrected chi connectivity index (χ0v) is 7.95. The molecule has 1 rings (SSSR count). The lowest BCUT2D eigenvalue weighted by Crippen LogP contribution is -1.77. The maximum Gasteiger partial charge on any atom is 0.136 e. The second-order valence-electron chi connectivity index (χ2n) is 2.26. The van der Waals surface area contributed by atoms with Crippen LogP contribution in [0.25, 0.3) is 6.08 Å². The van der Waals surface area contributed by atoms with Crippen molar-refractivity contribution in [2.45, 2.75) is 0 Å². The Bertz CT molecular complexity index is 295. The molecule has 64 valence electrons. The lowest BCUT2D eigenvalue weighted by Gasteiger charge is -1.99. The highest BCUT2D eigenvalue weighted by atomic mass is 79.9. The van der Waals surface area contributed by atoms with E-state index in [1.54, 1.807) is 24.3 Å². The van der Waals surface area contributed by atoms with Gasteiger partial charge in [0.25, 0.3) is 0 Å². The van der Waals surface area contributed by atoms with Crippen molar-refractivity contribution in [1.82, 2.24) is 0 Å². The maximum absolute atomic E-state index is 9.44. The highest BCUT2D eigenvalue weighted by Gasteiger charge is 1.99. The molecule has 2 nitrogen and oxygen atoms in total. The van der Waals surface area contributed by atoms with Crippen molar-refractivity contribution in [2.75, 3.05) is 6.61 Å². The fourth-order valence-electron chi connectivity index (χ4n) is 0.846. The van der Waals surface area contributed by atoms with Crippen LogP contribution >= 0.6 is 15.9 Å². The predicted octanol–water partition coefficient (Wildman–Crippen LogP) is 2.16. The summed E-state index contributed by atoms with van der Waals surface area (Å²) in [5, 5.41) is 18.0. The van der Waals surface area contributed by atoms with E-state index in [9.17, 15) is 5.11 Å². The van der Waals surface area contributed by atoms with E-state index in [4.69, 9.17) is 5.11 Å². The van der Waals surface area contributed by atoms with E-state index in [1.807, 2.05) is 6.07 Å². The van der Waals surface area contributed by atoms with Gasteiger partial charge in [-0.3, -0.25) is 0 Å². The Morgan fingerprint density at radius 1 is 1.42 bits per heavy atom. The van der Waals surface area contributed by atoms with Gasteiger partial charge in [-0.05, 0) is 22.0 Å². The zero-order valence-electron chi connectivity index (χ0n) is 6.37. The molecule has 0 aliphatic rings. The Morgan fingerprint density at radius 2 is 2.17 bits per heavy atom. The fraction of sp³-hybridized carbons (Fsp3) is 0.111. The molecule has 0 unspecified atom stereocenters. The number of aliphatic hydroxyl groups is 1. The quantitative estimate of drug-likeness (QED) is 0.815.